The summed E-state index contributed by atoms with van der Waals surface area (Å²) in [6, 6.07) is 10.7. The highest BCUT2D eigenvalue weighted by Crippen LogP contribution is 2.30. The molecular weight excluding hydrogens is 380 g/mol. The molecule has 0 heterocycles. The summed E-state index contributed by atoms with van der Waals surface area (Å²) < 4.78 is 14.7. The molecule has 106 valence electrons. The molecule has 2 aromatic carbocycles. The summed E-state index contributed by atoms with van der Waals surface area (Å²) in [5, 5.41) is 9.31. The molecule has 2 aromatic rings. The van der Waals surface area contributed by atoms with Gasteiger partial charge in [0.15, 0.2) is 5.78 Å². The smallest absolute Gasteiger partial charge is 0.186 e. The Labute approximate surface area is 139 Å². The highest BCUT2D eigenvalue weighted by molar-refractivity contribution is 9.10. The lowest BCUT2D eigenvalue weighted by Crippen LogP contribution is -2.13. The maximum atomic E-state index is 14.0. The minimum Gasteiger partial charge on any atom is -0.292 e. The van der Waals surface area contributed by atoms with Crippen LogP contribution < -0.4 is 0 Å². The molecule has 0 aromatic heterocycles. The van der Waals surface area contributed by atoms with E-state index >= 15 is 0 Å². The second-order valence-electron chi connectivity index (χ2n) is 4.19. The highest BCUT2D eigenvalue weighted by Gasteiger charge is 2.27. The fourth-order valence-corrected chi connectivity index (χ4v) is 2.61. The third-order valence-corrected chi connectivity index (χ3v) is 3.99. The molecule has 0 spiro atoms. The van der Waals surface area contributed by atoms with Crippen molar-refractivity contribution in [2.24, 2.45) is 0 Å². The van der Waals surface area contributed by atoms with Gasteiger partial charge in [-0.15, -0.1) is 0 Å². The van der Waals surface area contributed by atoms with Gasteiger partial charge in [-0.1, -0.05) is 51.3 Å². The number of nitrogens with zero attached hydrogens (tertiary/aromatic N) is 1. The van der Waals surface area contributed by atoms with E-state index < -0.39 is 17.5 Å². The Hall–Kier alpha value is -1.41. The summed E-state index contributed by atoms with van der Waals surface area (Å²) >= 11 is 14.9. The van der Waals surface area contributed by atoms with Gasteiger partial charge in [-0.2, -0.15) is 5.26 Å². The molecule has 2 rings (SSSR count). The van der Waals surface area contributed by atoms with Gasteiger partial charge < -0.3 is 0 Å². The lowest BCUT2D eigenvalue weighted by atomic mass is 9.91. The number of nitriles is 1. The van der Waals surface area contributed by atoms with E-state index in [1.807, 2.05) is 6.07 Å². The molecule has 0 amide bonds. The zero-order valence-electron chi connectivity index (χ0n) is 10.4. The molecule has 6 heteroatoms. The topological polar surface area (TPSA) is 40.9 Å². The summed E-state index contributed by atoms with van der Waals surface area (Å²) in [5.74, 6) is -2.66. The standard InChI is InChI=1S/C15H7BrCl2FNO/c16-8-4-5-12(17)10(6-8)15(21)11(7-20)9-2-1-3-13(18)14(9)19/h1-6,11H. The predicted molar refractivity (Wildman–Crippen MR) is 83.2 cm³/mol. The molecule has 0 aliphatic heterocycles. The first-order valence-corrected chi connectivity index (χ1v) is 7.33. The normalized spacial score (nSPS) is 11.8. The number of rotatable bonds is 3. The first kappa shape index (κ1) is 16.0. The van der Waals surface area contributed by atoms with Crippen molar-refractivity contribution < 1.29 is 9.18 Å². The van der Waals surface area contributed by atoms with E-state index in [2.05, 4.69) is 15.9 Å². The number of hydrogen-bond acceptors (Lipinski definition) is 2. The van der Waals surface area contributed by atoms with Crippen LogP contribution in [0.3, 0.4) is 0 Å². The first-order chi connectivity index (χ1) is 9.95. The average Bonchev–Trinajstić information content (AvgIpc) is 2.46. The summed E-state index contributed by atoms with van der Waals surface area (Å²) in [4.78, 5) is 12.5. The van der Waals surface area contributed by atoms with E-state index in [0.717, 1.165) is 0 Å². The summed E-state index contributed by atoms with van der Waals surface area (Å²) in [7, 11) is 0. The highest BCUT2D eigenvalue weighted by atomic mass is 79.9. The van der Waals surface area contributed by atoms with Crippen molar-refractivity contribution in [3.05, 3.63) is 67.9 Å². The van der Waals surface area contributed by atoms with Crippen molar-refractivity contribution in [1.82, 2.24) is 0 Å². The van der Waals surface area contributed by atoms with Gasteiger partial charge in [0, 0.05) is 15.6 Å². The van der Waals surface area contributed by atoms with Crippen molar-refractivity contribution in [1.29, 1.82) is 5.26 Å². The molecule has 0 bridgehead atoms. The fourth-order valence-electron chi connectivity index (χ4n) is 1.85. The first-order valence-electron chi connectivity index (χ1n) is 5.78. The van der Waals surface area contributed by atoms with Gasteiger partial charge in [-0.05, 0) is 24.3 Å². The van der Waals surface area contributed by atoms with Gasteiger partial charge in [0.1, 0.15) is 11.7 Å². The maximum Gasteiger partial charge on any atom is 0.186 e. The largest absolute Gasteiger partial charge is 0.292 e. The minimum atomic E-state index is -1.31. The molecule has 2 nitrogen and oxygen atoms in total. The molecule has 0 radical (unpaired) electrons. The number of hydrogen-bond donors (Lipinski definition) is 0. The summed E-state index contributed by atoms with van der Waals surface area (Å²) in [6.07, 6.45) is 0. The van der Waals surface area contributed by atoms with Crippen LogP contribution in [0.1, 0.15) is 21.8 Å². The van der Waals surface area contributed by atoms with Crippen molar-refractivity contribution in [3.63, 3.8) is 0 Å². The van der Waals surface area contributed by atoms with Gasteiger partial charge >= 0.3 is 0 Å². The Balaban J connectivity index is 2.52. The third-order valence-electron chi connectivity index (χ3n) is 2.88. The van der Waals surface area contributed by atoms with Crippen LogP contribution in [0.2, 0.25) is 10.0 Å². The molecule has 0 aliphatic carbocycles. The molecular formula is C15H7BrCl2FNO. The number of carbonyl (C=O) groups excluding carboxylic acids is 1. The Morgan fingerprint density at radius 2 is 1.95 bits per heavy atom. The van der Waals surface area contributed by atoms with Gasteiger partial charge in [0.25, 0.3) is 0 Å². The second-order valence-corrected chi connectivity index (χ2v) is 5.92. The van der Waals surface area contributed by atoms with Crippen LogP contribution in [-0.2, 0) is 0 Å². The number of carbonyl (C=O) groups is 1. The molecule has 1 unspecified atom stereocenters. The average molecular weight is 387 g/mol. The van der Waals surface area contributed by atoms with Crippen LogP contribution in [0.4, 0.5) is 4.39 Å². The van der Waals surface area contributed by atoms with E-state index in [4.69, 9.17) is 23.2 Å². The number of halogens is 4. The lowest BCUT2D eigenvalue weighted by Gasteiger charge is -2.12. The number of ketones is 1. The van der Waals surface area contributed by atoms with Crippen LogP contribution >= 0.6 is 39.1 Å². The van der Waals surface area contributed by atoms with E-state index in [9.17, 15) is 14.4 Å². The van der Waals surface area contributed by atoms with E-state index in [0.29, 0.717) is 4.47 Å². The van der Waals surface area contributed by atoms with E-state index in [-0.39, 0.29) is 21.2 Å². The van der Waals surface area contributed by atoms with E-state index in [1.54, 1.807) is 6.07 Å². The molecule has 0 fully saturated rings. The zero-order valence-corrected chi connectivity index (χ0v) is 13.5. The third kappa shape index (κ3) is 3.26. The van der Waals surface area contributed by atoms with Crippen LogP contribution in [0.25, 0.3) is 0 Å². The van der Waals surface area contributed by atoms with E-state index in [1.165, 1.54) is 30.3 Å². The zero-order chi connectivity index (χ0) is 15.6. The summed E-state index contributed by atoms with van der Waals surface area (Å²) in [5.41, 5.74) is 0.0861. The Kier molecular flexibility index (Phi) is 5.00. The molecule has 1 atom stereocenters. The molecule has 0 aliphatic rings. The number of benzene rings is 2. The predicted octanol–water partition coefficient (Wildman–Crippen LogP) is 5.39. The molecule has 0 N–H and O–H groups in total. The van der Waals surface area contributed by atoms with Crippen LogP contribution in [0.5, 0.6) is 0 Å². The minimum absolute atomic E-state index is 0.0638. The lowest BCUT2D eigenvalue weighted by molar-refractivity contribution is 0.0977. The number of Topliss-reactive ketones (excluding diaryl/α,β-unsaturated/α-hetero) is 1. The van der Waals surface area contributed by atoms with Gasteiger partial charge in [-0.3, -0.25) is 4.79 Å². The maximum absolute atomic E-state index is 14.0. The van der Waals surface area contributed by atoms with Crippen LogP contribution in [0, 0.1) is 17.1 Å². The van der Waals surface area contributed by atoms with Crippen LogP contribution in [0.15, 0.2) is 40.9 Å². The SMILES string of the molecule is N#CC(C(=O)c1cc(Br)ccc1Cl)c1cccc(Cl)c1F. The fraction of sp³-hybridized carbons (Fsp3) is 0.0667. The molecule has 0 saturated heterocycles. The quantitative estimate of drug-likeness (QED) is 0.664. The van der Waals surface area contributed by atoms with Gasteiger partial charge in [0.05, 0.1) is 16.1 Å². The van der Waals surface area contributed by atoms with Gasteiger partial charge in [-0.25, -0.2) is 4.39 Å². The Morgan fingerprint density at radius 1 is 1.24 bits per heavy atom. The molecule has 21 heavy (non-hydrogen) atoms. The van der Waals surface area contributed by atoms with Crippen molar-refractivity contribution >= 4 is 44.9 Å². The Bertz CT molecular complexity index is 758. The van der Waals surface area contributed by atoms with Gasteiger partial charge in [0.2, 0.25) is 0 Å². The second kappa shape index (κ2) is 6.57. The summed E-state index contributed by atoms with van der Waals surface area (Å²) in [6.45, 7) is 0. The molecule has 0 saturated carbocycles. The Morgan fingerprint density at radius 3 is 2.62 bits per heavy atom. The van der Waals surface area contributed by atoms with Crippen molar-refractivity contribution in [2.75, 3.05) is 0 Å². The van der Waals surface area contributed by atoms with Crippen molar-refractivity contribution in [2.45, 2.75) is 5.92 Å². The van der Waals surface area contributed by atoms with Crippen LogP contribution in [-0.4, -0.2) is 5.78 Å². The van der Waals surface area contributed by atoms with Crippen molar-refractivity contribution in [3.8, 4) is 6.07 Å². The monoisotopic (exact) mass is 385 g/mol.